The van der Waals surface area contributed by atoms with E-state index in [9.17, 15) is 9.59 Å². The molecule has 0 aromatic heterocycles. The molecule has 0 radical (unpaired) electrons. The molecule has 0 bridgehead atoms. The highest BCUT2D eigenvalue weighted by Gasteiger charge is 2.28. The molecule has 1 saturated heterocycles. The number of hydrogen-bond donors (Lipinski definition) is 1. The molecule has 0 spiro atoms. The number of ether oxygens (including phenoxy) is 2. The Hall–Kier alpha value is -1.59. The van der Waals surface area contributed by atoms with E-state index in [4.69, 9.17) is 21.1 Å². The van der Waals surface area contributed by atoms with E-state index in [2.05, 4.69) is 5.32 Å². The highest BCUT2D eigenvalue weighted by Crippen LogP contribution is 2.14. The second-order valence-electron chi connectivity index (χ2n) is 4.92. The number of benzene rings is 1. The standard InChI is InChI=1S/C15H18ClNO4/c1-20-15(19)12(9-10-4-6-11(16)7-5-10)17-14(18)13-3-2-8-21-13/h4-7,12-13H,2-3,8-9H2,1H3,(H,17,18)/t12-,13+/m0/s1. The molecule has 1 aromatic carbocycles. The van der Waals surface area contributed by atoms with Gasteiger partial charge in [-0.05, 0) is 30.5 Å². The molecule has 1 N–H and O–H groups in total. The molecule has 1 aromatic rings. The second kappa shape index (κ2) is 7.43. The van der Waals surface area contributed by atoms with Crippen molar-refractivity contribution in [1.82, 2.24) is 5.32 Å². The van der Waals surface area contributed by atoms with Gasteiger partial charge in [0.05, 0.1) is 7.11 Å². The van der Waals surface area contributed by atoms with Crippen molar-refractivity contribution in [2.45, 2.75) is 31.4 Å². The lowest BCUT2D eigenvalue weighted by Crippen LogP contribution is -2.47. The summed E-state index contributed by atoms with van der Waals surface area (Å²) in [5.41, 5.74) is 0.891. The van der Waals surface area contributed by atoms with Crippen molar-refractivity contribution in [3.05, 3.63) is 34.9 Å². The van der Waals surface area contributed by atoms with Gasteiger partial charge in [-0.15, -0.1) is 0 Å². The SMILES string of the molecule is COC(=O)[C@H](Cc1ccc(Cl)cc1)NC(=O)[C@H]1CCCO1. The first-order valence-electron chi connectivity index (χ1n) is 6.84. The van der Waals surface area contributed by atoms with Gasteiger partial charge in [0.1, 0.15) is 12.1 Å². The summed E-state index contributed by atoms with van der Waals surface area (Å²) in [6, 6.07) is 6.39. The van der Waals surface area contributed by atoms with E-state index in [1.54, 1.807) is 12.1 Å². The summed E-state index contributed by atoms with van der Waals surface area (Å²) in [6.45, 7) is 0.582. The monoisotopic (exact) mass is 311 g/mol. The van der Waals surface area contributed by atoms with Gasteiger partial charge in [0, 0.05) is 18.1 Å². The maximum absolute atomic E-state index is 12.1. The predicted octanol–water partition coefficient (Wildman–Crippen LogP) is 1.72. The summed E-state index contributed by atoms with van der Waals surface area (Å²) in [6.07, 6.45) is 1.42. The fraction of sp³-hybridized carbons (Fsp3) is 0.467. The Morgan fingerprint density at radius 1 is 1.43 bits per heavy atom. The van der Waals surface area contributed by atoms with Crippen LogP contribution in [-0.2, 0) is 25.5 Å². The number of carbonyl (C=O) groups excluding carboxylic acids is 2. The first-order chi connectivity index (χ1) is 10.1. The molecule has 6 heteroatoms. The molecule has 1 aliphatic rings. The van der Waals surface area contributed by atoms with Gasteiger partial charge >= 0.3 is 5.97 Å². The average Bonchev–Trinajstić information content (AvgIpc) is 3.02. The van der Waals surface area contributed by atoms with E-state index in [1.165, 1.54) is 7.11 Å². The maximum Gasteiger partial charge on any atom is 0.328 e. The average molecular weight is 312 g/mol. The van der Waals surface area contributed by atoms with Crippen LogP contribution in [0.5, 0.6) is 0 Å². The zero-order valence-electron chi connectivity index (χ0n) is 11.8. The number of methoxy groups -OCH3 is 1. The van der Waals surface area contributed by atoms with E-state index >= 15 is 0 Å². The van der Waals surface area contributed by atoms with Crippen LogP contribution >= 0.6 is 11.6 Å². The van der Waals surface area contributed by atoms with Crippen LogP contribution in [0.3, 0.4) is 0 Å². The summed E-state index contributed by atoms with van der Waals surface area (Å²) in [7, 11) is 1.30. The van der Waals surface area contributed by atoms with Gasteiger partial charge in [-0.25, -0.2) is 4.79 Å². The molecule has 21 heavy (non-hydrogen) atoms. The third-order valence-corrected chi connectivity index (χ3v) is 3.63. The quantitative estimate of drug-likeness (QED) is 0.841. The second-order valence-corrected chi connectivity index (χ2v) is 5.35. The van der Waals surface area contributed by atoms with Gasteiger partial charge in [0.25, 0.3) is 0 Å². The molecular weight excluding hydrogens is 294 g/mol. The number of carbonyl (C=O) groups is 2. The molecule has 1 fully saturated rings. The molecule has 0 aliphatic carbocycles. The van der Waals surface area contributed by atoms with Gasteiger partial charge in [0.15, 0.2) is 0 Å². The van der Waals surface area contributed by atoms with E-state index < -0.39 is 18.1 Å². The van der Waals surface area contributed by atoms with Crippen LogP contribution in [0.4, 0.5) is 0 Å². The third-order valence-electron chi connectivity index (χ3n) is 3.38. The minimum absolute atomic E-state index is 0.267. The fourth-order valence-corrected chi connectivity index (χ4v) is 2.37. The minimum Gasteiger partial charge on any atom is -0.467 e. The molecule has 2 rings (SSSR count). The Morgan fingerprint density at radius 3 is 2.71 bits per heavy atom. The Balaban J connectivity index is 2.01. The summed E-state index contributed by atoms with van der Waals surface area (Å²) in [4.78, 5) is 23.9. The molecular formula is C15H18ClNO4. The summed E-state index contributed by atoms with van der Waals surface area (Å²) >= 11 is 5.83. The lowest BCUT2D eigenvalue weighted by molar-refractivity contribution is -0.146. The number of nitrogens with one attached hydrogen (secondary N) is 1. The number of rotatable bonds is 5. The van der Waals surface area contributed by atoms with Crippen molar-refractivity contribution in [2.75, 3.05) is 13.7 Å². The van der Waals surface area contributed by atoms with Crippen molar-refractivity contribution in [2.24, 2.45) is 0 Å². The summed E-state index contributed by atoms with van der Waals surface area (Å²) < 4.78 is 10.1. The zero-order chi connectivity index (χ0) is 15.2. The molecule has 1 amide bonds. The van der Waals surface area contributed by atoms with Gasteiger partial charge in [-0.2, -0.15) is 0 Å². The zero-order valence-corrected chi connectivity index (χ0v) is 12.6. The molecule has 1 heterocycles. The Bertz CT molecular complexity index is 497. The van der Waals surface area contributed by atoms with E-state index in [1.807, 2.05) is 12.1 Å². The van der Waals surface area contributed by atoms with E-state index in [0.29, 0.717) is 24.5 Å². The lowest BCUT2D eigenvalue weighted by atomic mass is 10.1. The maximum atomic E-state index is 12.1. The molecule has 114 valence electrons. The molecule has 0 saturated carbocycles. The normalized spacial score (nSPS) is 19.0. The van der Waals surface area contributed by atoms with Gasteiger partial charge < -0.3 is 14.8 Å². The topological polar surface area (TPSA) is 64.6 Å². The van der Waals surface area contributed by atoms with Crippen molar-refractivity contribution < 1.29 is 19.1 Å². The van der Waals surface area contributed by atoms with Crippen LogP contribution in [-0.4, -0.2) is 37.7 Å². The van der Waals surface area contributed by atoms with Crippen LogP contribution in [0.2, 0.25) is 5.02 Å². The van der Waals surface area contributed by atoms with E-state index in [-0.39, 0.29) is 5.91 Å². The molecule has 5 nitrogen and oxygen atoms in total. The number of esters is 1. The highest BCUT2D eigenvalue weighted by molar-refractivity contribution is 6.30. The third kappa shape index (κ3) is 4.44. The number of halogens is 1. The smallest absolute Gasteiger partial charge is 0.328 e. The first-order valence-corrected chi connectivity index (χ1v) is 7.22. The number of hydrogen-bond acceptors (Lipinski definition) is 4. The van der Waals surface area contributed by atoms with Gasteiger partial charge in [-0.1, -0.05) is 23.7 Å². The van der Waals surface area contributed by atoms with Crippen LogP contribution < -0.4 is 5.32 Å². The lowest BCUT2D eigenvalue weighted by Gasteiger charge is -2.18. The first kappa shape index (κ1) is 15.8. The van der Waals surface area contributed by atoms with Gasteiger partial charge in [-0.3, -0.25) is 4.79 Å². The number of amides is 1. The largest absolute Gasteiger partial charge is 0.467 e. The molecule has 1 aliphatic heterocycles. The highest BCUT2D eigenvalue weighted by atomic mass is 35.5. The van der Waals surface area contributed by atoms with Gasteiger partial charge in [0.2, 0.25) is 5.91 Å². The van der Waals surface area contributed by atoms with Crippen molar-refractivity contribution in [1.29, 1.82) is 0 Å². The Morgan fingerprint density at radius 2 is 2.14 bits per heavy atom. The van der Waals surface area contributed by atoms with Crippen LogP contribution in [0, 0.1) is 0 Å². The van der Waals surface area contributed by atoms with Crippen LogP contribution in [0.25, 0.3) is 0 Å². The van der Waals surface area contributed by atoms with Crippen LogP contribution in [0.1, 0.15) is 18.4 Å². The summed E-state index contributed by atoms with van der Waals surface area (Å²) in [5.74, 6) is -0.742. The summed E-state index contributed by atoms with van der Waals surface area (Å²) in [5, 5.41) is 3.32. The van der Waals surface area contributed by atoms with Crippen molar-refractivity contribution in [3.63, 3.8) is 0 Å². The van der Waals surface area contributed by atoms with Crippen molar-refractivity contribution >= 4 is 23.5 Å². The fourth-order valence-electron chi connectivity index (χ4n) is 2.24. The van der Waals surface area contributed by atoms with E-state index in [0.717, 1.165) is 12.0 Å². The van der Waals surface area contributed by atoms with Crippen molar-refractivity contribution in [3.8, 4) is 0 Å². The molecule has 2 atom stereocenters. The predicted molar refractivity (Wildman–Crippen MR) is 78.1 cm³/mol. The Kier molecular flexibility index (Phi) is 5.59. The van der Waals surface area contributed by atoms with Crippen LogP contribution in [0.15, 0.2) is 24.3 Å². The Labute approximate surface area is 128 Å². The molecule has 0 unspecified atom stereocenters. The minimum atomic E-state index is -0.729.